The zero-order chi connectivity index (χ0) is 24.2. The summed E-state index contributed by atoms with van der Waals surface area (Å²) < 4.78 is 18.3. The summed E-state index contributed by atoms with van der Waals surface area (Å²) in [5, 5.41) is 18.9. The standard InChI is InChI=1S/C26H36N2O3Si2/c1-32(2,19-11-17-25(21-27)29-23-13-7-5-8-14-23)31-33(3,4)20-12-18-26(22-28)30-24-15-9-6-10-16-24/h5-10,13-16,25-26H,11-12,17-20H2,1-4H3. The van der Waals surface area contributed by atoms with E-state index in [1.54, 1.807) is 0 Å². The monoisotopic (exact) mass is 480 g/mol. The smallest absolute Gasteiger partial charge is 0.184 e. The van der Waals surface area contributed by atoms with Crippen molar-refractivity contribution < 1.29 is 13.6 Å². The first-order chi connectivity index (χ1) is 15.7. The number of nitrogens with zero attached hydrogens (tertiary/aromatic N) is 2. The van der Waals surface area contributed by atoms with E-state index in [4.69, 9.17) is 13.6 Å². The van der Waals surface area contributed by atoms with Gasteiger partial charge in [-0.05, 0) is 88.2 Å². The quantitative estimate of drug-likeness (QED) is 0.274. The summed E-state index contributed by atoms with van der Waals surface area (Å²) in [5.74, 6) is 1.47. The van der Waals surface area contributed by atoms with E-state index in [0.29, 0.717) is 12.8 Å². The van der Waals surface area contributed by atoms with Crippen molar-refractivity contribution in [2.45, 2.75) is 76.2 Å². The van der Waals surface area contributed by atoms with Gasteiger partial charge >= 0.3 is 0 Å². The minimum atomic E-state index is -1.86. The van der Waals surface area contributed by atoms with E-state index < -0.39 is 28.8 Å². The molecule has 7 heteroatoms. The van der Waals surface area contributed by atoms with Gasteiger partial charge in [0.2, 0.25) is 0 Å². The summed E-state index contributed by atoms with van der Waals surface area (Å²) in [4.78, 5) is 0. The van der Waals surface area contributed by atoms with Crippen LogP contribution < -0.4 is 9.47 Å². The van der Waals surface area contributed by atoms with E-state index in [0.717, 1.165) is 36.4 Å². The van der Waals surface area contributed by atoms with Gasteiger partial charge in [-0.15, -0.1) is 0 Å². The molecule has 0 aliphatic heterocycles. The van der Waals surface area contributed by atoms with Crippen molar-refractivity contribution in [3.05, 3.63) is 60.7 Å². The van der Waals surface area contributed by atoms with E-state index in [2.05, 4.69) is 38.3 Å². The number of ether oxygens (including phenoxy) is 2. The van der Waals surface area contributed by atoms with Gasteiger partial charge in [0.05, 0.1) is 0 Å². The van der Waals surface area contributed by atoms with Crippen molar-refractivity contribution in [2.24, 2.45) is 0 Å². The molecule has 0 N–H and O–H groups in total. The number of hydrogen-bond acceptors (Lipinski definition) is 5. The molecule has 176 valence electrons. The molecule has 0 saturated carbocycles. The lowest BCUT2D eigenvalue weighted by molar-refractivity contribution is 0.243. The highest BCUT2D eigenvalue weighted by molar-refractivity contribution is 6.84. The van der Waals surface area contributed by atoms with Crippen LogP contribution in [0.15, 0.2) is 60.7 Å². The van der Waals surface area contributed by atoms with Crippen molar-refractivity contribution in [3.8, 4) is 23.6 Å². The highest BCUT2D eigenvalue weighted by Crippen LogP contribution is 2.26. The minimum Gasteiger partial charge on any atom is -0.476 e. The summed E-state index contributed by atoms with van der Waals surface area (Å²) in [7, 11) is -3.71. The molecule has 2 aromatic rings. The largest absolute Gasteiger partial charge is 0.476 e. The van der Waals surface area contributed by atoms with Crippen molar-refractivity contribution in [2.75, 3.05) is 0 Å². The van der Waals surface area contributed by atoms with Crippen LogP contribution in [-0.2, 0) is 4.12 Å². The maximum atomic E-state index is 9.44. The summed E-state index contributed by atoms with van der Waals surface area (Å²) in [6.07, 6.45) is 2.36. The van der Waals surface area contributed by atoms with Crippen LogP contribution in [0, 0.1) is 22.7 Å². The Balaban J connectivity index is 1.74. The van der Waals surface area contributed by atoms with Crippen LogP contribution in [0.4, 0.5) is 0 Å². The van der Waals surface area contributed by atoms with Gasteiger partial charge in [0.25, 0.3) is 0 Å². The minimum absolute atomic E-state index is 0.435. The van der Waals surface area contributed by atoms with Crippen molar-refractivity contribution in [1.82, 2.24) is 0 Å². The molecule has 33 heavy (non-hydrogen) atoms. The summed E-state index contributed by atoms with van der Waals surface area (Å²) in [5.41, 5.74) is 0. The number of benzene rings is 2. The van der Waals surface area contributed by atoms with Crippen LogP contribution in [0.3, 0.4) is 0 Å². The summed E-state index contributed by atoms with van der Waals surface area (Å²) in [6, 6.07) is 25.5. The summed E-state index contributed by atoms with van der Waals surface area (Å²) in [6.45, 7) is 9.05. The molecule has 2 rings (SSSR count). The average molecular weight is 481 g/mol. The SMILES string of the molecule is C[Si](C)(CCCC(C#N)Oc1ccccc1)O[Si](C)(C)CCCC(C#N)Oc1ccccc1. The maximum absolute atomic E-state index is 9.44. The van der Waals surface area contributed by atoms with E-state index >= 15 is 0 Å². The van der Waals surface area contributed by atoms with Gasteiger partial charge in [0.1, 0.15) is 23.6 Å². The molecule has 5 nitrogen and oxygen atoms in total. The van der Waals surface area contributed by atoms with E-state index in [1.165, 1.54) is 0 Å². The lowest BCUT2D eigenvalue weighted by Gasteiger charge is -2.34. The van der Waals surface area contributed by atoms with E-state index in [1.807, 2.05) is 60.7 Å². The lowest BCUT2D eigenvalue weighted by atomic mass is 10.2. The van der Waals surface area contributed by atoms with Crippen LogP contribution in [0.2, 0.25) is 38.3 Å². The van der Waals surface area contributed by atoms with Crippen molar-refractivity contribution in [1.29, 1.82) is 10.5 Å². The molecule has 0 saturated heterocycles. The van der Waals surface area contributed by atoms with Crippen LogP contribution in [0.25, 0.3) is 0 Å². The van der Waals surface area contributed by atoms with Crippen LogP contribution in [0.1, 0.15) is 25.7 Å². The molecular weight excluding hydrogens is 444 g/mol. The third kappa shape index (κ3) is 10.7. The molecule has 0 fully saturated rings. The zero-order valence-corrected chi connectivity index (χ0v) is 22.3. The van der Waals surface area contributed by atoms with Gasteiger partial charge in [0, 0.05) is 0 Å². The van der Waals surface area contributed by atoms with Crippen molar-refractivity contribution >= 4 is 16.6 Å². The fraction of sp³-hybridized carbons (Fsp3) is 0.462. The number of rotatable bonds is 14. The van der Waals surface area contributed by atoms with Gasteiger partial charge in [-0.1, -0.05) is 36.4 Å². The lowest BCUT2D eigenvalue weighted by Crippen LogP contribution is -2.44. The highest BCUT2D eigenvalue weighted by atomic mass is 28.4. The first-order valence-electron chi connectivity index (χ1n) is 11.7. The Morgan fingerprint density at radius 1 is 0.667 bits per heavy atom. The van der Waals surface area contributed by atoms with E-state index in [9.17, 15) is 10.5 Å². The van der Waals surface area contributed by atoms with E-state index in [-0.39, 0.29) is 0 Å². The Bertz CT molecular complexity index is 833. The molecule has 2 atom stereocenters. The van der Waals surface area contributed by atoms with Crippen LogP contribution in [0.5, 0.6) is 11.5 Å². The fourth-order valence-electron chi connectivity index (χ4n) is 3.90. The molecule has 0 bridgehead atoms. The Morgan fingerprint density at radius 3 is 1.36 bits per heavy atom. The molecule has 0 amide bonds. The van der Waals surface area contributed by atoms with Gasteiger partial charge < -0.3 is 13.6 Å². The predicted octanol–water partition coefficient (Wildman–Crippen LogP) is 6.92. The van der Waals surface area contributed by atoms with Gasteiger partial charge in [0.15, 0.2) is 28.8 Å². The second-order valence-electron chi connectivity index (χ2n) is 9.50. The molecule has 0 aliphatic rings. The number of para-hydroxylation sites is 2. The first kappa shape index (κ1) is 26.7. The molecule has 0 aliphatic carbocycles. The molecular formula is C26H36N2O3Si2. The predicted molar refractivity (Wildman–Crippen MR) is 137 cm³/mol. The average Bonchev–Trinajstić information content (AvgIpc) is 2.78. The number of nitriles is 2. The second kappa shape index (κ2) is 13.2. The zero-order valence-electron chi connectivity index (χ0n) is 20.3. The topological polar surface area (TPSA) is 75.3 Å². The van der Waals surface area contributed by atoms with Crippen LogP contribution >= 0.6 is 0 Å². The fourth-order valence-corrected chi connectivity index (χ4v) is 12.8. The molecule has 0 radical (unpaired) electrons. The Labute approximate surface area is 201 Å². The molecule has 2 unspecified atom stereocenters. The third-order valence-corrected chi connectivity index (χ3v) is 12.9. The number of hydrogen-bond donors (Lipinski definition) is 0. The molecule has 0 heterocycles. The molecule has 2 aromatic carbocycles. The molecule has 0 aromatic heterocycles. The Kier molecular flexibility index (Phi) is 10.7. The van der Waals surface area contributed by atoms with Gasteiger partial charge in [-0.3, -0.25) is 0 Å². The molecule has 0 spiro atoms. The Hall–Kier alpha value is -2.59. The Morgan fingerprint density at radius 2 is 1.03 bits per heavy atom. The normalized spacial score (nSPS) is 13.4. The van der Waals surface area contributed by atoms with Crippen molar-refractivity contribution in [3.63, 3.8) is 0 Å². The van der Waals surface area contributed by atoms with Crippen LogP contribution in [-0.4, -0.2) is 28.8 Å². The second-order valence-corrected chi connectivity index (χ2v) is 18.4. The van der Waals surface area contributed by atoms with Gasteiger partial charge in [-0.2, -0.15) is 10.5 Å². The third-order valence-electron chi connectivity index (χ3n) is 5.37. The first-order valence-corrected chi connectivity index (χ1v) is 17.9. The maximum Gasteiger partial charge on any atom is 0.184 e. The highest BCUT2D eigenvalue weighted by Gasteiger charge is 2.32. The van der Waals surface area contributed by atoms with Gasteiger partial charge in [-0.25, -0.2) is 0 Å². The summed E-state index contributed by atoms with van der Waals surface area (Å²) >= 11 is 0.